The molecule has 26 heavy (non-hydrogen) atoms. The molecule has 0 spiro atoms. The average molecular weight is 370 g/mol. The van der Waals surface area contributed by atoms with E-state index in [-0.39, 0.29) is 17.3 Å². The fraction of sp³-hybridized carbons (Fsp3) is 0.381. The van der Waals surface area contributed by atoms with E-state index in [0.29, 0.717) is 6.54 Å². The van der Waals surface area contributed by atoms with Crippen LogP contribution in [0.3, 0.4) is 0 Å². The zero-order valence-electron chi connectivity index (χ0n) is 15.2. The number of hydrogen-bond donors (Lipinski definition) is 3. The highest BCUT2D eigenvalue weighted by Gasteiger charge is 2.43. The van der Waals surface area contributed by atoms with Crippen molar-refractivity contribution in [3.8, 4) is 0 Å². The lowest BCUT2D eigenvalue weighted by Crippen LogP contribution is -2.42. The molecule has 1 saturated carbocycles. The summed E-state index contributed by atoms with van der Waals surface area (Å²) in [4.78, 5) is 5.65. The first-order chi connectivity index (χ1) is 12.7. The van der Waals surface area contributed by atoms with Crippen molar-refractivity contribution in [1.82, 2.24) is 10.6 Å². The van der Waals surface area contributed by atoms with Crippen molar-refractivity contribution in [2.75, 3.05) is 26.7 Å². The third-order valence-corrected chi connectivity index (χ3v) is 6.19. The largest absolute Gasteiger partial charge is 0.396 e. The summed E-state index contributed by atoms with van der Waals surface area (Å²) >= 11 is 1.95. The summed E-state index contributed by atoms with van der Waals surface area (Å²) in [5.41, 5.74) is 1.14. The highest BCUT2D eigenvalue weighted by Crippen LogP contribution is 2.51. The van der Waals surface area contributed by atoms with Crippen LogP contribution in [0.2, 0.25) is 0 Å². The van der Waals surface area contributed by atoms with Crippen molar-refractivity contribution in [3.63, 3.8) is 0 Å². The molecule has 0 aromatic heterocycles. The lowest BCUT2D eigenvalue weighted by atomic mass is 10.0. The average Bonchev–Trinajstić information content (AvgIpc) is 3.46. The maximum absolute atomic E-state index is 9.69. The molecule has 1 unspecified atom stereocenters. The lowest BCUT2D eigenvalue weighted by molar-refractivity contribution is 0.265. The van der Waals surface area contributed by atoms with Gasteiger partial charge in [-0.2, -0.15) is 0 Å². The molecular weight excluding hydrogens is 342 g/mol. The highest BCUT2D eigenvalue weighted by molar-refractivity contribution is 8.01. The Kier molecular flexibility index (Phi) is 6.58. The van der Waals surface area contributed by atoms with Gasteiger partial charge in [0, 0.05) is 35.7 Å². The SMILES string of the molecule is CN=C(NCC(CO)c1ccccc1)NCC1(Sc2ccccc2)CC1. The zero-order chi connectivity index (χ0) is 18.2. The standard InChI is InChI=1S/C21H27N3OS/c1-22-20(23-14-18(15-25)17-8-4-2-5-9-17)24-16-21(12-13-21)26-19-10-6-3-7-11-19/h2-11,18,25H,12-16H2,1H3,(H2,22,23,24). The predicted molar refractivity (Wildman–Crippen MR) is 110 cm³/mol. The zero-order valence-corrected chi connectivity index (χ0v) is 16.0. The van der Waals surface area contributed by atoms with E-state index in [4.69, 9.17) is 0 Å². The fourth-order valence-electron chi connectivity index (χ4n) is 2.89. The normalized spacial score (nSPS) is 16.8. The Morgan fingerprint density at radius 2 is 1.73 bits per heavy atom. The molecular formula is C21H27N3OS. The molecule has 2 aromatic rings. The maximum Gasteiger partial charge on any atom is 0.191 e. The van der Waals surface area contributed by atoms with Gasteiger partial charge in [0.25, 0.3) is 0 Å². The van der Waals surface area contributed by atoms with Crippen LogP contribution < -0.4 is 10.6 Å². The number of benzene rings is 2. The molecule has 0 radical (unpaired) electrons. The molecule has 3 N–H and O–H groups in total. The van der Waals surface area contributed by atoms with Gasteiger partial charge in [-0.05, 0) is 30.5 Å². The van der Waals surface area contributed by atoms with Crippen LogP contribution in [0.25, 0.3) is 0 Å². The van der Waals surface area contributed by atoms with Crippen molar-refractivity contribution in [1.29, 1.82) is 0 Å². The Morgan fingerprint density at radius 3 is 2.31 bits per heavy atom. The first-order valence-corrected chi connectivity index (χ1v) is 9.91. The van der Waals surface area contributed by atoms with Crippen molar-refractivity contribution in [3.05, 3.63) is 66.2 Å². The molecule has 1 fully saturated rings. The Labute approximate surface area is 160 Å². The summed E-state index contributed by atoms with van der Waals surface area (Å²) in [6, 6.07) is 20.7. The molecule has 3 rings (SSSR count). The third kappa shape index (κ3) is 5.26. The van der Waals surface area contributed by atoms with Crippen molar-refractivity contribution in [2.24, 2.45) is 4.99 Å². The van der Waals surface area contributed by atoms with Gasteiger partial charge in [0.2, 0.25) is 0 Å². The van der Waals surface area contributed by atoms with Gasteiger partial charge in [0.05, 0.1) is 6.61 Å². The summed E-state index contributed by atoms with van der Waals surface area (Å²) in [5, 5.41) is 16.5. The van der Waals surface area contributed by atoms with E-state index < -0.39 is 0 Å². The Bertz CT molecular complexity index is 702. The number of nitrogens with one attached hydrogen (secondary N) is 2. The van der Waals surface area contributed by atoms with Crippen LogP contribution in [0.1, 0.15) is 24.3 Å². The Balaban J connectivity index is 1.49. The van der Waals surface area contributed by atoms with Gasteiger partial charge in [-0.3, -0.25) is 4.99 Å². The molecule has 0 amide bonds. The van der Waals surface area contributed by atoms with Crippen LogP contribution in [0.15, 0.2) is 70.6 Å². The van der Waals surface area contributed by atoms with E-state index in [9.17, 15) is 5.11 Å². The van der Waals surface area contributed by atoms with Crippen LogP contribution in [-0.4, -0.2) is 42.6 Å². The van der Waals surface area contributed by atoms with Gasteiger partial charge in [0.1, 0.15) is 0 Å². The van der Waals surface area contributed by atoms with Gasteiger partial charge < -0.3 is 15.7 Å². The molecule has 0 saturated heterocycles. The highest BCUT2D eigenvalue weighted by atomic mass is 32.2. The molecule has 1 aliphatic rings. The minimum absolute atomic E-state index is 0.0586. The third-order valence-electron chi connectivity index (χ3n) is 4.69. The second-order valence-corrected chi connectivity index (χ2v) is 8.24. The molecule has 0 aliphatic heterocycles. The summed E-state index contributed by atoms with van der Waals surface area (Å²) in [6.07, 6.45) is 2.44. The van der Waals surface area contributed by atoms with Gasteiger partial charge in [-0.25, -0.2) is 0 Å². The first kappa shape index (κ1) is 18.8. The molecule has 1 atom stereocenters. The van der Waals surface area contributed by atoms with E-state index in [0.717, 1.165) is 18.1 Å². The molecule has 1 aliphatic carbocycles. The molecule has 2 aromatic carbocycles. The Morgan fingerprint density at radius 1 is 1.08 bits per heavy atom. The van der Waals surface area contributed by atoms with Gasteiger partial charge in [-0.1, -0.05) is 48.5 Å². The van der Waals surface area contributed by atoms with E-state index in [2.05, 4.69) is 58.1 Å². The van der Waals surface area contributed by atoms with Gasteiger partial charge >= 0.3 is 0 Å². The number of aliphatic imine (C=N–C) groups is 1. The fourth-order valence-corrected chi connectivity index (χ4v) is 4.13. The van der Waals surface area contributed by atoms with Crippen LogP contribution >= 0.6 is 11.8 Å². The Hall–Kier alpha value is -1.98. The summed E-state index contributed by atoms with van der Waals surface area (Å²) in [7, 11) is 1.79. The molecule has 0 bridgehead atoms. The van der Waals surface area contributed by atoms with Crippen LogP contribution in [0.4, 0.5) is 0 Å². The molecule has 5 heteroatoms. The van der Waals surface area contributed by atoms with Crippen LogP contribution in [-0.2, 0) is 0 Å². The number of thioether (sulfide) groups is 1. The summed E-state index contributed by atoms with van der Waals surface area (Å²) in [5.74, 6) is 0.850. The van der Waals surface area contributed by atoms with Crippen molar-refractivity contribution < 1.29 is 5.11 Å². The van der Waals surface area contributed by atoms with Crippen molar-refractivity contribution in [2.45, 2.75) is 28.4 Å². The number of aliphatic hydroxyl groups excluding tert-OH is 1. The minimum Gasteiger partial charge on any atom is -0.396 e. The first-order valence-electron chi connectivity index (χ1n) is 9.09. The van der Waals surface area contributed by atoms with Gasteiger partial charge in [0.15, 0.2) is 5.96 Å². The second-order valence-electron chi connectivity index (χ2n) is 6.69. The lowest BCUT2D eigenvalue weighted by Gasteiger charge is -2.20. The van der Waals surface area contributed by atoms with Gasteiger partial charge in [-0.15, -0.1) is 11.8 Å². The minimum atomic E-state index is 0.0586. The van der Waals surface area contributed by atoms with E-state index in [1.807, 2.05) is 30.0 Å². The predicted octanol–water partition coefficient (Wildman–Crippen LogP) is 3.25. The monoisotopic (exact) mass is 369 g/mol. The summed E-state index contributed by atoms with van der Waals surface area (Å²) < 4.78 is 0.273. The quantitative estimate of drug-likeness (QED) is 0.494. The van der Waals surface area contributed by atoms with E-state index in [1.54, 1.807) is 7.05 Å². The molecule has 0 heterocycles. The summed E-state index contributed by atoms with van der Waals surface area (Å²) in [6.45, 7) is 1.65. The molecule has 138 valence electrons. The number of rotatable bonds is 8. The second kappa shape index (κ2) is 9.10. The van der Waals surface area contributed by atoms with E-state index >= 15 is 0 Å². The number of aliphatic hydroxyl groups is 1. The number of nitrogens with zero attached hydrogens (tertiary/aromatic N) is 1. The topological polar surface area (TPSA) is 56.7 Å². The van der Waals surface area contributed by atoms with Crippen LogP contribution in [0.5, 0.6) is 0 Å². The van der Waals surface area contributed by atoms with Crippen molar-refractivity contribution >= 4 is 17.7 Å². The smallest absolute Gasteiger partial charge is 0.191 e. The maximum atomic E-state index is 9.69. The van der Waals surface area contributed by atoms with E-state index in [1.165, 1.54) is 17.7 Å². The molecule has 4 nitrogen and oxygen atoms in total. The number of guanidine groups is 1. The van der Waals surface area contributed by atoms with Crippen LogP contribution in [0, 0.1) is 0 Å². The number of hydrogen-bond acceptors (Lipinski definition) is 3.